The predicted molar refractivity (Wildman–Crippen MR) is 104 cm³/mol. The summed E-state index contributed by atoms with van der Waals surface area (Å²) < 4.78 is 0. The summed E-state index contributed by atoms with van der Waals surface area (Å²) in [6.45, 7) is 0. The molecule has 0 radical (unpaired) electrons. The van der Waals surface area contributed by atoms with Gasteiger partial charge in [-0.05, 0) is 67.0 Å². The minimum atomic E-state index is 0.147. The first-order chi connectivity index (χ1) is 12.8. The average Bonchev–Trinajstić information content (AvgIpc) is 3.38. The standard InChI is InChI=1S/C22H20N4/c1-7-20-21-8-6-18(25-21)11-16-3-2-14(23-16)10-15-4-5-17(24-15)12-19-9-13(1)22(20)26-19/h2-6,8-10,12,19-20,23-25H,1,7,11H2/b15-10-,17-12?. The number of nitrogens with zero attached hydrogens (tertiary/aromatic N) is 1. The van der Waals surface area contributed by atoms with E-state index in [1.54, 1.807) is 0 Å². The topological polar surface area (TPSA) is 59.7 Å². The minimum absolute atomic E-state index is 0.147. The van der Waals surface area contributed by atoms with Gasteiger partial charge in [-0.15, -0.1) is 0 Å². The smallest absolute Gasteiger partial charge is 0.0893 e. The van der Waals surface area contributed by atoms with Gasteiger partial charge in [-0.25, -0.2) is 0 Å². The molecule has 5 heterocycles. The molecule has 128 valence electrons. The summed E-state index contributed by atoms with van der Waals surface area (Å²) in [4.78, 5) is 15.7. The molecular formula is C22H20N4. The number of aromatic nitrogens is 3. The Morgan fingerprint density at radius 1 is 0.846 bits per heavy atom. The summed E-state index contributed by atoms with van der Waals surface area (Å²) in [5, 5.41) is 2.23. The number of hydrogen-bond acceptors (Lipinski definition) is 1. The van der Waals surface area contributed by atoms with E-state index in [-0.39, 0.29) is 6.04 Å². The number of H-pyrrole nitrogens is 3. The quantitative estimate of drug-likeness (QED) is 0.563. The third-order valence-electron chi connectivity index (χ3n) is 5.71. The van der Waals surface area contributed by atoms with Crippen molar-refractivity contribution in [3.63, 3.8) is 0 Å². The molecule has 1 fully saturated rings. The third kappa shape index (κ3) is 2.25. The maximum absolute atomic E-state index is 5.03. The number of nitrogens with one attached hydrogen (secondary N) is 3. The van der Waals surface area contributed by atoms with Crippen LogP contribution in [-0.4, -0.2) is 26.7 Å². The first kappa shape index (κ1) is 14.2. The van der Waals surface area contributed by atoms with Gasteiger partial charge in [-0.2, -0.15) is 0 Å². The fourth-order valence-corrected chi connectivity index (χ4v) is 4.50. The summed E-state index contributed by atoms with van der Waals surface area (Å²) in [7, 11) is 0. The zero-order chi connectivity index (χ0) is 17.1. The summed E-state index contributed by atoms with van der Waals surface area (Å²) in [6.07, 6.45) is 9.88. The molecule has 0 saturated heterocycles. The lowest BCUT2D eigenvalue weighted by molar-refractivity contribution is 0.797. The monoisotopic (exact) mass is 340 g/mol. The summed E-state index contributed by atoms with van der Waals surface area (Å²) in [5.74, 6) is 0.410. The number of fused-ring (bicyclic) bond motifs is 8. The van der Waals surface area contributed by atoms with Crippen LogP contribution in [-0.2, 0) is 6.42 Å². The van der Waals surface area contributed by atoms with Gasteiger partial charge in [0.05, 0.1) is 6.04 Å². The van der Waals surface area contributed by atoms with Crippen molar-refractivity contribution in [1.82, 2.24) is 15.0 Å². The maximum atomic E-state index is 5.03. The lowest BCUT2D eigenvalue weighted by Gasteiger charge is -2.08. The van der Waals surface area contributed by atoms with Gasteiger partial charge in [-0.1, -0.05) is 6.08 Å². The van der Waals surface area contributed by atoms with Crippen LogP contribution >= 0.6 is 0 Å². The van der Waals surface area contributed by atoms with Crippen LogP contribution in [0.25, 0.3) is 12.2 Å². The molecule has 0 amide bonds. The number of hydrogen-bond donors (Lipinski definition) is 3. The van der Waals surface area contributed by atoms with E-state index < -0.39 is 0 Å². The SMILES string of the molecule is C1=C2CCC3C2=NC1C=c1cc/c([nH]1)=C/c1ccc([nH]1)Cc1ccc3[nH]1. The van der Waals surface area contributed by atoms with E-state index in [0.717, 1.165) is 35.7 Å². The fraction of sp³-hybridized carbons (Fsp3) is 0.227. The minimum Gasteiger partial charge on any atom is -0.361 e. The predicted octanol–water partition coefficient (Wildman–Crippen LogP) is 2.51. The molecule has 3 N–H and O–H groups in total. The van der Waals surface area contributed by atoms with E-state index >= 15 is 0 Å². The second-order valence-electron chi connectivity index (χ2n) is 7.52. The molecule has 4 nitrogen and oxygen atoms in total. The van der Waals surface area contributed by atoms with Crippen LogP contribution in [0.5, 0.6) is 0 Å². The summed E-state index contributed by atoms with van der Waals surface area (Å²) >= 11 is 0. The molecule has 1 saturated carbocycles. The summed E-state index contributed by atoms with van der Waals surface area (Å²) in [5.41, 5.74) is 7.61. The van der Waals surface area contributed by atoms with E-state index in [4.69, 9.17) is 4.99 Å². The van der Waals surface area contributed by atoms with Crippen molar-refractivity contribution in [2.75, 3.05) is 0 Å². The lowest BCUT2D eigenvalue weighted by atomic mass is 10.0. The molecule has 26 heavy (non-hydrogen) atoms. The van der Waals surface area contributed by atoms with E-state index in [2.05, 4.69) is 69.6 Å². The maximum Gasteiger partial charge on any atom is 0.0893 e. The Balaban J connectivity index is 1.53. The molecule has 2 aliphatic heterocycles. The Hall–Kier alpha value is -3.01. The van der Waals surface area contributed by atoms with Gasteiger partial charge in [-0.3, -0.25) is 4.99 Å². The molecule has 0 spiro atoms. The van der Waals surface area contributed by atoms with E-state index in [1.807, 2.05) is 0 Å². The number of allylic oxidation sites excluding steroid dienone is 1. The van der Waals surface area contributed by atoms with Crippen LogP contribution in [0.2, 0.25) is 0 Å². The Labute approximate surface area is 151 Å². The van der Waals surface area contributed by atoms with Crippen molar-refractivity contribution in [1.29, 1.82) is 0 Å². The molecule has 2 unspecified atom stereocenters. The van der Waals surface area contributed by atoms with Gasteiger partial charge in [0.25, 0.3) is 0 Å². The molecular weight excluding hydrogens is 320 g/mol. The number of aromatic amines is 3. The normalized spacial score (nSPS) is 24.5. The van der Waals surface area contributed by atoms with Crippen LogP contribution in [0.3, 0.4) is 0 Å². The summed E-state index contributed by atoms with van der Waals surface area (Å²) in [6, 6.07) is 13.2. The Morgan fingerprint density at radius 3 is 2.73 bits per heavy atom. The molecule has 4 heteroatoms. The lowest BCUT2D eigenvalue weighted by Crippen LogP contribution is -2.12. The van der Waals surface area contributed by atoms with E-state index in [1.165, 1.54) is 28.4 Å². The molecule has 3 aromatic heterocycles. The highest BCUT2D eigenvalue weighted by atomic mass is 14.9. The van der Waals surface area contributed by atoms with Crippen molar-refractivity contribution >= 4 is 17.9 Å². The van der Waals surface area contributed by atoms with Crippen molar-refractivity contribution in [3.8, 4) is 0 Å². The molecule has 1 aliphatic carbocycles. The van der Waals surface area contributed by atoms with Gasteiger partial charge < -0.3 is 15.0 Å². The van der Waals surface area contributed by atoms with Crippen molar-refractivity contribution < 1.29 is 0 Å². The first-order valence-corrected chi connectivity index (χ1v) is 9.33. The Bertz CT molecular complexity index is 1180. The first-order valence-electron chi connectivity index (χ1n) is 9.33. The molecule has 2 atom stereocenters. The zero-order valence-corrected chi connectivity index (χ0v) is 14.4. The Kier molecular flexibility index (Phi) is 2.86. The number of aliphatic imine (C=N–C) groups is 1. The van der Waals surface area contributed by atoms with Crippen LogP contribution in [0.4, 0.5) is 0 Å². The van der Waals surface area contributed by atoms with Gasteiger partial charge in [0.15, 0.2) is 0 Å². The zero-order valence-electron chi connectivity index (χ0n) is 14.4. The van der Waals surface area contributed by atoms with Crippen LogP contribution in [0.15, 0.2) is 53.0 Å². The Morgan fingerprint density at radius 2 is 1.73 bits per heavy atom. The highest BCUT2D eigenvalue weighted by Crippen LogP contribution is 2.39. The van der Waals surface area contributed by atoms with Crippen molar-refractivity contribution in [2.45, 2.75) is 31.2 Å². The van der Waals surface area contributed by atoms with Gasteiger partial charge in [0.1, 0.15) is 0 Å². The molecule has 3 aliphatic rings. The van der Waals surface area contributed by atoms with E-state index in [9.17, 15) is 0 Å². The van der Waals surface area contributed by atoms with Crippen molar-refractivity contribution in [3.05, 3.63) is 81.5 Å². The van der Waals surface area contributed by atoms with E-state index in [0.29, 0.717) is 5.92 Å². The second kappa shape index (κ2) is 5.24. The molecule has 6 rings (SSSR count). The molecule has 3 aromatic rings. The van der Waals surface area contributed by atoms with Crippen LogP contribution in [0, 0.1) is 0 Å². The van der Waals surface area contributed by atoms with Crippen LogP contribution < -0.4 is 10.7 Å². The average molecular weight is 340 g/mol. The highest BCUT2D eigenvalue weighted by Gasteiger charge is 2.33. The third-order valence-corrected chi connectivity index (χ3v) is 5.71. The second-order valence-corrected chi connectivity index (χ2v) is 7.52. The van der Waals surface area contributed by atoms with Gasteiger partial charge in [0, 0.05) is 51.5 Å². The largest absolute Gasteiger partial charge is 0.361 e. The fourth-order valence-electron chi connectivity index (χ4n) is 4.50. The van der Waals surface area contributed by atoms with Gasteiger partial charge >= 0.3 is 0 Å². The van der Waals surface area contributed by atoms with Crippen molar-refractivity contribution in [2.24, 2.45) is 4.99 Å². The molecule has 8 bridgehead atoms. The number of rotatable bonds is 0. The van der Waals surface area contributed by atoms with Crippen LogP contribution in [0.1, 0.15) is 41.5 Å². The molecule has 0 aromatic carbocycles. The highest BCUT2D eigenvalue weighted by molar-refractivity contribution is 6.08. The van der Waals surface area contributed by atoms with Gasteiger partial charge in [0.2, 0.25) is 0 Å².